The molecule has 3 fully saturated rings. The molecule has 4 aliphatic carbocycles. The quantitative estimate of drug-likeness (QED) is 0.431. The molecule has 0 aromatic carbocycles. The van der Waals surface area contributed by atoms with E-state index in [9.17, 15) is 0 Å². The molecule has 0 radical (unpaired) electrons. The number of hydrogen-bond acceptors (Lipinski definition) is 0. The first-order valence-electron chi connectivity index (χ1n) is 12.0. The van der Waals surface area contributed by atoms with Crippen LogP contribution >= 0.6 is 0 Å². The molecular formula is C27H44. The molecule has 0 heteroatoms. The lowest BCUT2D eigenvalue weighted by Gasteiger charge is -2.58. The minimum absolute atomic E-state index is 0.310. The molecular weight excluding hydrogens is 324 g/mol. The van der Waals surface area contributed by atoms with Gasteiger partial charge in [0.05, 0.1) is 0 Å². The van der Waals surface area contributed by atoms with Crippen molar-refractivity contribution in [2.75, 3.05) is 0 Å². The molecule has 3 saturated carbocycles. The average molecular weight is 369 g/mol. The van der Waals surface area contributed by atoms with Crippen LogP contribution < -0.4 is 0 Å². The maximum absolute atomic E-state index is 2.72. The number of hydrogen-bond donors (Lipinski definition) is 0. The zero-order chi connectivity index (χ0) is 19.4. The second-order valence-corrected chi connectivity index (χ2v) is 12.3. The van der Waals surface area contributed by atoms with Crippen molar-refractivity contribution in [1.82, 2.24) is 0 Å². The minimum Gasteiger partial charge on any atom is -0.0849 e. The molecule has 0 aromatic heterocycles. The van der Waals surface area contributed by atoms with Gasteiger partial charge in [-0.15, -0.1) is 0 Å². The van der Waals surface area contributed by atoms with Crippen molar-refractivity contribution in [3.8, 4) is 0 Å². The van der Waals surface area contributed by atoms with Crippen LogP contribution in [0.4, 0.5) is 0 Å². The molecule has 0 aliphatic heterocycles. The Bertz CT molecular complexity index is 616. The Morgan fingerprint density at radius 2 is 1.81 bits per heavy atom. The lowest BCUT2D eigenvalue weighted by Crippen LogP contribution is -2.49. The van der Waals surface area contributed by atoms with Gasteiger partial charge in [0, 0.05) is 0 Å². The largest absolute Gasteiger partial charge is 0.0849 e. The molecule has 4 aliphatic rings. The SMILES string of the molecule is CC(/C=C/C(C)(C)C)C1CCC2C3CC=C4CCCCC4(C)C3CCC12C. The molecule has 0 nitrogen and oxygen atoms in total. The third-order valence-electron chi connectivity index (χ3n) is 9.63. The maximum atomic E-state index is 2.72. The van der Waals surface area contributed by atoms with Gasteiger partial charge in [0.25, 0.3) is 0 Å². The third-order valence-corrected chi connectivity index (χ3v) is 9.63. The van der Waals surface area contributed by atoms with Crippen LogP contribution in [0.25, 0.3) is 0 Å². The molecule has 27 heavy (non-hydrogen) atoms. The molecule has 0 heterocycles. The zero-order valence-electron chi connectivity index (χ0n) is 19.0. The van der Waals surface area contributed by atoms with Crippen molar-refractivity contribution in [2.24, 2.45) is 45.8 Å². The summed E-state index contributed by atoms with van der Waals surface area (Å²) in [5.74, 6) is 4.56. The summed E-state index contributed by atoms with van der Waals surface area (Å²) in [6, 6.07) is 0. The van der Waals surface area contributed by atoms with E-state index in [1.807, 2.05) is 5.57 Å². The summed E-state index contributed by atoms with van der Waals surface area (Å²) in [6.45, 7) is 14.8. The van der Waals surface area contributed by atoms with Crippen LogP contribution in [0.1, 0.15) is 99.3 Å². The van der Waals surface area contributed by atoms with E-state index in [2.05, 4.69) is 59.8 Å². The van der Waals surface area contributed by atoms with Crippen LogP contribution in [0.15, 0.2) is 23.8 Å². The average Bonchev–Trinajstić information content (AvgIpc) is 2.96. The van der Waals surface area contributed by atoms with Crippen LogP contribution in [0.3, 0.4) is 0 Å². The van der Waals surface area contributed by atoms with E-state index in [0.717, 1.165) is 29.6 Å². The van der Waals surface area contributed by atoms with Gasteiger partial charge >= 0.3 is 0 Å². The summed E-state index contributed by atoms with van der Waals surface area (Å²) in [4.78, 5) is 0. The van der Waals surface area contributed by atoms with E-state index in [1.165, 1.54) is 57.8 Å². The van der Waals surface area contributed by atoms with Crippen molar-refractivity contribution in [3.63, 3.8) is 0 Å². The molecule has 7 atom stereocenters. The second kappa shape index (κ2) is 6.77. The normalized spacial score (nSPS) is 45.8. The maximum Gasteiger partial charge on any atom is -0.00853 e. The number of fused-ring (bicyclic) bond motifs is 5. The first kappa shape index (κ1) is 19.8. The van der Waals surface area contributed by atoms with Crippen LogP contribution in [0.5, 0.6) is 0 Å². The highest BCUT2D eigenvalue weighted by Crippen LogP contribution is 2.67. The first-order valence-corrected chi connectivity index (χ1v) is 12.0. The zero-order valence-corrected chi connectivity index (χ0v) is 19.0. The Morgan fingerprint density at radius 3 is 2.56 bits per heavy atom. The van der Waals surface area contributed by atoms with Gasteiger partial charge in [-0.3, -0.25) is 0 Å². The summed E-state index contributed by atoms with van der Waals surface area (Å²) < 4.78 is 0. The van der Waals surface area contributed by atoms with Gasteiger partial charge in [-0.25, -0.2) is 0 Å². The Labute approximate surface area is 169 Å². The molecule has 0 aromatic rings. The van der Waals surface area contributed by atoms with Crippen molar-refractivity contribution in [1.29, 1.82) is 0 Å². The van der Waals surface area contributed by atoms with Gasteiger partial charge in [0.2, 0.25) is 0 Å². The molecule has 0 saturated heterocycles. The van der Waals surface area contributed by atoms with Crippen molar-refractivity contribution < 1.29 is 0 Å². The van der Waals surface area contributed by atoms with Crippen molar-refractivity contribution in [2.45, 2.75) is 99.3 Å². The molecule has 152 valence electrons. The Balaban J connectivity index is 1.56. The fourth-order valence-corrected chi connectivity index (χ4v) is 8.18. The number of allylic oxidation sites excluding steroid dienone is 4. The summed E-state index contributed by atoms with van der Waals surface area (Å²) >= 11 is 0. The smallest absolute Gasteiger partial charge is 0.00853 e. The summed E-state index contributed by atoms with van der Waals surface area (Å²) in [7, 11) is 0. The highest BCUT2D eigenvalue weighted by molar-refractivity contribution is 5.24. The van der Waals surface area contributed by atoms with Crippen LogP contribution in [0, 0.1) is 45.8 Å². The minimum atomic E-state index is 0.310. The van der Waals surface area contributed by atoms with Gasteiger partial charge in [0.15, 0.2) is 0 Å². The van der Waals surface area contributed by atoms with Crippen LogP contribution in [0.2, 0.25) is 0 Å². The van der Waals surface area contributed by atoms with Gasteiger partial charge in [-0.05, 0) is 97.2 Å². The molecule has 0 amide bonds. The third kappa shape index (κ3) is 3.28. The van der Waals surface area contributed by atoms with Gasteiger partial charge in [-0.1, -0.05) is 71.8 Å². The van der Waals surface area contributed by atoms with Gasteiger partial charge in [0.1, 0.15) is 0 Å². The van der Waals surface area contributed by atoms with E-state index >= 15 is 0 Å². The van der Waals surface area contributed by atoms with E-state index < -0.39 is 0 Å². The fourth-order valence-electron chi connectivity index (χ4n) is 8.18. The monoisotopic (exact) mass is 368 g/mol. The van der Waals surface area contributed by atoms with E-state index in [4.69, 9.17) is 0 Å². The van der Waals surface area contributed by atoms with Crippen molar-refractivity contribution >= 4 is 0 Å². The predicted octanol–water partition coefficient (Wildman–Crippen LogP) is 8.19. The van der Waals surface area contributed by atoms with E-state index in [-0.39, 0.29) is 0 Å². The summed E-state index contributed by atoms with van der Waals surface area (Å²) in [5.41, 5.74) is 3.30. The Kier molecular flexibility index (Phi) is 4.96. The summed E-state index contributed by atoms with van der Waals surface area (Å²) in [6.07, 6.45) is 20.9. The Morgan fingerprint density at radius 1 is 1.04 bits per heavy atom. The van der Waals surface area contributed by atoms with Crippen LogP contribution in [-0.2, 0) is 0 Å². The standard InChI is InChI=1S/C27H44/c1-19(14-17-25(2,3)4)22-12-13-23-21-11-10-20-9-7-8-16-26(20,5)24(21)15-18-27(22,23)6/h10,14,17,19,21-24H,7-9,11-13,15-16,18H2,1-6H3/b17-14+. The lowest BCUT2D eigenvalue weighted by molar-refractivity contribution is -0.0462. The van der Waals surface area contributed by atoms with Crippen LogP contribution in [-0.4, -0.2) is 0 Å². The predicted molar refractivity (Wildman–Crippen MR) is 118 cm³/mol. The topological polar surface area (TPSA) is 0 Å². The first-order chi connectivity index (χ1) is 12.7. The molecule has 7 unspecified atom stereocenters. The molecule has 4 rings (SSSR count). The fraction of sp³-hybridized carbons (Fsp3) is 0.852. The van der Waals surface area contributed by atoms with Gasteiger partial charge in [-0.2, -0.15) is 0 Å². The van der Waals surface area contributed by atoms with E-state index in [0.29, 0.717) is 16.2 Å². The highest BCUT2D eigenvalue weighted by atomic mass is 14.6. The Hall–Kier alpha value is -0.520. The lowest BCUT2D eigenvalue weighted by atomic mass is 9.47. The number of rotatable bonds is 2. The highest BCUT2D eigenvalue weighted by Gasteiger charge is 2.58. The second-order valence-electron chi connectivity index (χ2n) is 12.3. The molecule has 0 bridgehead atoms. The molecule has 0 spiro atoms. The van der Waals surface area contributed by atoms with Gasteiger partial charge < -0.3 is 0 Å². The molecule has 0 N–H and O–H groups in total. The van der Waals surface area contributed by atoms with Crippen molar-refractivity contribution in [3.05, 3.63) is 23.8 Å². The summed E-state index contributed by atoms with van der Waals surface area (Å²) in [5, 5.41) is 0. The van der Waals surface area contributed by atoms with E-state index in [1.54, 1.807) is 0 Å².